The van der Waals surface area contributed by atoms with Gasteiger partial charge in [0.15, 0.2) is 0 Å². The van der Waals surface area contributed by atoms with Crippen LogP contribution in [0.5, 0.6) is 0 Å². The Labute approximate surface area is 187 Å². The molecule has 5 heteroatoms. The summed E-state index contributed by atoms with van der Waals surface area (Å²) in [7, 11) is 0. The molecule has 3 aromatic carbocycles. The van der Waals surface area contributed by atoms with E-state index in [1.807, 2.05) is 53.4 Å². The Balaban J connectivity index is 1.44. The van der Waals surface area contributed by atoms with Crippen molar-refractivity contribution in [3.8, 4) is 0 Å². The molecule has 0 saturated carbocycles. The van der Waals surface area contributed by atoms with Crippen molar-refractivity contribution in [1.29, 1.82) is 0 Å². The summed E-state index contributed by atoms with van der Waals surface area (Å²) in [4.78, 5) is 43.1. The highest BCUT2D eigenvalue weighted by atomic mass is 16.2. The number of carbonyl (C=O) groups excluding carboxylic acids is 3. The van der Waals surface area contributed by atoms with E-state index >= 15 is 0 Å². The van der Waals surface area contributed by atoms with Crippen LogP contribution < -0.4 is 0 Å². The Bertz CT molecular complexity index is 1120. The fourth-order valence-electron chi connectivity index (χ4n) is 4.79. The maximum Gasteiger partial charge on any atom is 0.262 e. The van der Waals surface area contributed by atoms with Gasteiger partial charge in [-0.25, -0.2) is 0 Å². The van der Waals surface area contributed by atoms with Gasteiger partial charge >= 0.3 is 0 Å². The number of imide groups is 1. The number of benzene rings is 3. The van der Waals surface area contributed by atoms with Crippen LogP contribution in [0, 0.1) is 0 Å². The van der Waals surface area contributed by atoms with Gasteiger partial charge in [-0.3, -0.25) is 19.3 Å². The minimum Gasteiger partial charge on any atom is -0.340 e. The first kappa shape index (κ1) is 20.2. The maximum atomic E-state index is 13.7. The summed E-state index contributed by atoms with van der Waals surface area (Å²) in [6.07, 6.45) is 1.17. The third-order valence-corrected chi connectivity index (χ3v) is 6.46. The van der Waals surface area contributed by atoms with Crippen LogP contribution in [0.4, 0.5) is 0 Å². The van der Waals surface area contributed by atoms with Crippen molar-refractivity contribution in [3.05, 3.63) is 107 Å². The van der Waals surface area contributed by atoms with E-state index in [9.17, 15) is 14.4 Å². The molecule has 0 N–H and O–H groups in total. The maximum absolute atomic E-state index is 13.7. The van der Waals surface area contributed by atoms with Crippen molar-refractivity contribution in [2.45, 2.75) is 24.8 Å². The summed E-state index contributed by atoms with van der Waals surface area (Å²) in [6, 6.07) is 25.7. The lowest BCUT2D eigenvalue weighted by Crippen LogP contribution is -2.51. The molecule has 1 fully saturated rings. The summed E-state index contributed by atoms with van der Waals surface area (Å²) in [6.45, 7) is 1.21. The molecule has 3 amide bonds. The first-order chi connectivity index (χ1) is 15.6. The zero-order valence-corrected chi connectivity index (χ0v) is 17.7. The van der Waals surface area contributed by atoms with E-state index in [1.165, 1.54) is 10.5 Å². The van der Waals surface area contributed by atoms with E-state index in [0.717, 1.165) is 12.0 Å². The summed E-state index contributed by atoms with van der Waals surface area (Å²) in [5.41, 5.74) is 2.86. The van der Waals surface area contributed by atoms with Crippen molar-refractivity contribution in [3.63, 3.8) is 0 Å². The van der Waals surface area contributed by atoms with Gasteiger partial charge in [0, 0.05) is 25.4 Å². The number of likely N-dealkylation sites (tertiary alicyclic amines) is 1. The Hall–Kier alpha value is -3.73. The van der Waals surface area contributed by atoms with Crippen LogP contribution >= 0.6 is 0 Å². The molecule has 160 valence electrons. The second-order valence-electron chi connectivity index (χ2n) is 8.41. The van der Waals surface area contributed by atoms with Crippen molar-refractivity contribution >= 4 is 17.7 Å². The second-order valence-corrected chi connectivity index (χ2v) is 8.41. The molecule has 5 rings (SSSR count). The van der Waals surface area contributed by atoms with Crippen molar-refractivity contribution in [1.82, 2.24) is 9.80 Å². The SMILES string of the molecule is O=C([C@@H](Cc1ccccc1)N1C(=O)c2ccccc2C1=O)N1CC[C@@H](c2ccccc2)C1. The largest absolute Gasteiger partial charge is 0.340 e. The van der Waals surface area contributed by atoms with Gasteiger partial charge in [-0.15, -0.1) is 0 Å². The molecule has 0 unspecified atom stereocenters. The Morgan fingerprint density at radius 2 is 1.38 bits per heavy atom. The third kappa shape index (κ3) is 3.60. The van der Waals surface area contributed by atoms with Gasteiger partial charge < -0.3 is 4.90 Å². The first-order valence-corrected chi connectivity index (χ1v) is 11.0. The van der Waals surface area contributed by atoms with Gasteiger partial charge in [-0.2, -0.15) is 0 Å². The highest BCUT2D eigenvalue weighted by Gasteiger charge is 2.44. The average Bonchev–Trinajstić information content (AvgIpc) is 3.43. The quantitative estimate of drug-likeness (QED) is 0.584. The molecular formula is C27H24N2O3. The highest BCUT2D eigenvalue weighted by molar-refractivity contribution is 6.22. The number of hydrogen-bond acceptors (Lipinski definition) is 3. The Morgan fingerprint density at radius 1 is 0.812 bits per heavy atom. The lowest BCUT2D eigenvalue weighted by Gasteiger charge is -2.29. The monoisotopic (exact) mass is 424 g/mol. The molecule has 32 heavy (non-hydrogen) atoms. The van der Waals surface area contributed by atoms with Gasteiger partial charge in [0.2, 0.25) is 5.91 Å². The van der Waals surface area contributed by atoms with Crippen LogP contribution in [0.25, 0.3) is 0 Å². The van der Waals surface area contributed by atoms with Crippen LogP contribution in [0.1, 0.15) is 44.2 Å². The normalized spacial score (nSPS) is 18.7. The van der Waals surface area contributed by atoms with E-state index in [1.54, 1.807) is 24.3 Å². The molecule has 3 aromatic rings. The molecule has 5 nitrogen and oxygen atoms in total. The van der Waals surface area contributed by atoms with Crippen molar-refractivity contribution < 1.29 is 14.4 Å². The van der Waals surface area contributed by atoms with Gasteiger partial charge in [0.1, 0.15) is 6.04 Å². The molecular weight excluding hydrogens is 400 g/mol. The fraction of sp³-hybridized carbons (Fsp3) is 0.222. The lowest BCUT2D eigenvalue weighted by molar-refractivity contribution is -0.134. The van der Waals surface area contributed by atoms with Crippen LogP contribution in [-0.4, -0.2) is 46.7 Å². The zero-order chi connectivity index (χ0) is 22.1. The molecule has 0 aliphatic carbocycles. The topological polar surface area (TPSA) is 57.7 Å². The van der Waals surface area contributed by atoms with E-state index in [-0.39, 0.29) is 11.8 Å². The number of carbonyl (C=O) groups is 3. The zero-order valence-electron chi connectivity index (χ0n) is 17.7. The number of rotatable bonds is 5. The van der Waals surface area contributed by atoms with E-state index < -0.39 is 17.9 Å². The molecule has 0 aromatic heterocycles. The second kappa shape index (κ2) is 8.42. The summed E-state index contributed by atoms with van der Waals surface area (Å²) >= 11 is 0. The van der Waals surface area contributed by atoms with Gasteiger partial charge in [0.25, 0.3) is 11.8 Å². The highest BCUT2D eigenvalue weighted by Crippen LogP contribution is 2.31. The first-order valence-electron chi connectivity index (χ1n) is 11.0. The Morgan fingerprint density at radius 3 is 2.00 bits per heavy atom. The van der Waals surface area contributed by atoms with Gasteiger partial charge in [0.05, 0.1) is 11.1 Å². The van der Waals surface area contributed by atoms with Crippen LogP contribution in [0.3, 0.4) is 0 Å². The molecule has 2 aliphatic heterocycles. The summed E-state index contributed by atoms with van der Waals surface area (Å²) in [5.74, 6) is -0.682. The molecule has 2 heterocycles. The molecule has 0 spiro atoms. The van der Waals surface area contributed by atoms with E-state index in [2.05, 4.69) is 12.1 Å². The molecule has 1 saturated heterocycles. The minimum absolute atomic E-state index is 0.165. The number of amides is 3. The lowest BCUT2D eigenvalue weighted by atomic mass is 9.99. The molecule has 0 bridgehead atoms. The molecule has 2 atom stereocenters. The average molecular weight is 425 g/mol. The molecule has 0 radical (unpaired) electrons. The number of fused-ring (bicyclic) bond motifs is 1. The predicted octanol–water partition coefficient (Wildman–Crippen LogP) is 3.91. The van der Waals surface area contributed by atoms with Crippen LogP contribution in [0.15, 0.2) is 84.9 Å². The molecule has 2 aliphatic rings. The van der Waals surface area contributed by atoms with Crippen LogP contribution in [0.2, 0.25) is 0 Å². The smallest absolute Gasteiger partial charge is 0.262 e. The Kier molecular flexibility index (Phi) is 5.31. The van der Waals surface area contributed by atoms with Crippen molar-refractivity contribution in [2.24, 2.45) is 0 Å². The van der Waals surface area contributed by atoms with Crippen molar-refractivity contribution in [2.75, 3.05) is 13.1 Å². The minimum atomic E-state index is -0.862. The predicted molar refractivity (Wildman–Crippen MR) is 121 cm³/mol. The summed E-state index contributed by atoms with van der Waals surface area (Å²) < 4.78 is 0. The standard InChI is InChI=1S/C27H24N2O3/c30-25-22-13-7-8-14-23(22)26(31)29(25)24(17-19-9-3-1-4-10-19)27(32)28-16-15-21(18-28)20-11-5-2-6-12-20/h1-14,21,24H,15-18H2/t21-,24-/m1/s1. The fourth-order valence-corrected chi connectivity index (χ4v) is 4.79. The van der Waals surface area contributed by atoms with E-state index in [0.29, 0.717) is 30.6 Å². The number of hydrogen-bond donors (Lipinski definition) is 0. The van der Waals surface area contributed by atoms with Crippen LogP contribution in [-0.2, 0) is 11.2 Å². The summed E-state index contributed by atoms with van der Waals surface area (Å²) in [5, 5.41) is 0. The van der Waals surface area contributed by atoms with Gasteiger partial charge in [-0.05, 0) is 29.7 Å². The van der Waals surface area contributed by atoms with Gasteiger partial charge in [-0.1, -0.05) is 72.8 Å². The third-order valence-electron chi connectivity index (χ3n) is 6.46. The number of nitrogens with zero attached hydrogens (tertiary/aromatic N) is 2. The van der Waals surface area contributed by atoms with E-state index in [4.69, 9.17) is 0 Å².